The van der Waals surface area contributed by atoms with Gasteiger partial charge in [-0.15, -0.1) is 0 Å². The van der Waals surface area contributed by atoms with Crippen LogP contribution in [0.3, 0.4) is 0 Å². The first-order valence-electron chi connectivity index (χ1n) is 5.13. The Hall–Kier alpha value is -0.160. The second-order valence-electron chi connectivity index (χ2n) is 5.02. The number of nitrogens with two attached hydrogens (primary N) is 1. The Bertz CT molecular complexity index is 193. The normalized spacial score (nSPS) is 27.2. The third kappa shape index (κ3) is 3.53. The molecule has 3 N–H and O–H groups in total. The van der Waals surface area contributed by atoms with Crippen molar-refractivity contribution < 1.29 is 9.84 Å². The monoisotopic (exact) mass is 202 g/mol. The molecular formula is C10H22N2O2. The van der Waals surface area contributed by atoms with E-state index in [-0.39, 0.29) is 5.60 Å². The van der Waals surface area contributed by atoms with Gasteiger partial charge in [0.15, 0.2) is 0 Å². The van der Waals surface area contributed by atoms with Crippen LogP contribution in [0.4, 0.5) is 0 Å². The van der Waals surface area contributed by atoms with E-state index < -0.39 is 5.60 Å². The average molecular weight is 202 g/mol. The van der Waals surface area contributed by atoms with Crippen molar-refractivity contribution in [2.24, 2.45) is 5.73 Å². The summed E-state index contributed by atoms with van der Waals surface area (Å²) in [6.45, 7) is 9.28. The van der Waals surface area contributed by atoms with E-state index >= 15 is 0 Å². The molecule has 1 heterocycles. The van der Waals surface area contributed by atoms with Gasteiger partial charge >= 0.3 is 0 Å². The standard InChI is InChI=1S/C10H22N2O2/c1-9(2)7-12(4-5-14-9)8-10(3,13)6-11/h13H,4-8,11H2,1-3H3. The molecule has 0 bridgehead atoms. The maximum Gasteiger partial charge on any atom is 0.0867 e. The fraction of sp³-hybridized carbons (Fsp3) is 1.00. The van der Waals surface area contributed by atoms with E-state index in [0.29, 0.717) is 13.1 Å². The van der Waals surface area contributed by atoms with Crippen LogP contribution in [0.2, 0.25) is 0 Å². The lowest BCUT2D eigenvalue weighted by Gasteiger charge is -2.40. The molecule has 0 aromatic heterocycles. The van der Waals surface area contributed by atoms with Gasteiger partial charge in [0.2, 0.25) is 0 Å². The third-order valence-corrected chi connectivity index (χ3v) is 2.51. The number of nitrogens with zero attached hydrogens (tertiary/aromatic N) is 1. The molecule has 1 atom stereocenters. The molecule has 1 fully saturated rings. The van der Waals surface area contributed by atoms with Crippen molar-refractivity contribution in [1.82, 2.24) is 4.90 Å². The minimum Gasteiger partial charge on any atom is -0.388 e. The second-order valence-corrected chi connectivity index (χ2v) is 5.02. The van der Waals surface area contributed by atoms with Crippen molar-refractivity contribution in [2.45, 2.75) is 32.0 Å². The summed E-state index contributed by atoms with van der Waals surface area (Å²) in [4.78, 5) is 2.20. The van der Waals surface area contributed by atoms with Gasteiger partial charge in [-0.2, -0.15) is 0 Å². The van der Waals surface area contributed by atoms with E-state index in [4.69, 9.17) is 10.5 Å². The maximum absolute atomic E-state index is 9.84. The van der Waals surface area contributed by atoms with Gasteiger partial charge in [0.25, 0.3) is 0 Å². The van der Waals surface area contributed by atoms with Crippen molar-refractivity contribution in [3.63, 3.8) is 0 Å². The Morgan fingerprint density at radius 2 is 2.21 bits per heavy atom. The van der Waals surface area contributed by atoms with Gasteiger partial charge in [-0.05, 0) is 20.8 Å². The fourth-order valence-electron chi connectivity index (χ4n) is 1.80. The lowest BCUT2D eigenvalue weighted by atomic mass is 10.0. The first kappa shape index (κ1) is 11.9. The van der Waals surface area contributed by atoms with E-state index in [1.807, 2.05) is 0 Å². The van der Waals surface area contributed by atoms with E-state index in [9.17, 15) is 5.11 Å². The summed E-state index contributed by atoms with van der Waals surface area (Å²) in [7, 11) is 0. The molecule has 0 aliphatic carbocycles. The van der Waals surface area contributed by atoms with Crippen LogP contribution in [-0.2, 0) is 4.74 Å². The zero-order chi connectivity index (χ0) is 10.8. The van der Waals surface area contributed by atoms with E-state index in [2.05, 4.69) is 18.7 Å². The van der Waals surface area contributed by atoms with Crippen LogP contribution in [-0.4, -0.2) is 54.0 Å². The molecular weight excluding hydrogens is 180 g/mol. The number of ether oxygens (including phenoxy) is 1. The highest BCUT2D eigenvalue weighted by Crippen LogP contribution is 2.18. The molecule has 0 radical (unpaired) electrons. The lowest BCUT2D eigenvalue weighted by Crippen LogP contribution is -2.54. The quantitative estimate of drug-likeness (QED) is 0.666. The van der Waals surface area contributed by atoms with Gasteiger partial charge in [-0.25, -0.2) is 0 Å². The molecule has 0 amide bonds. The minimum atomic E-state index is -0.784. The highest BCUT2D eigenvalue weighted by molar-refractivity contribution is 4.84. The van der Waals surface area contributed by atoms with Crippen LogP contribution < -0.4 is 5.73 Å². The SMILES string of the molecule is CC(O)(CN)CN1CCOC(C)(C)C1. The highest BCUT2D eigenvalue weighted by atomic mass is 16.5. The van der Waals surface area contributed by atoms with Gasteiger partial charge in [-0.1, -0.05) is 0 Å². The predicted molar refractivity (Wildman–Crippen MR) is 56.1 cm³/mol. The zero-order valence-corrected chi connectivity index (χ0v) is 9.42. The van der Waals surface area contributed by atoms with Crippen LogP contribution in [0.1, 0.15) is 20.8 Å². The zero-order valence-electron chi connectivity index (χ0n) is 9.42. The van der Waals surface area contributed by atoms with E-state index in [1.54, 1.807) is 6.92 Å². The van der Waals surface area contributed by atoms with Crippen molar-refractivity contribution >= 4 is 0 Å². The molecule has 4 nitrogen and oxygen atoms in total. The van der Waals surface area contributed by atoms with Crippen LogP contribution >= 0.6 is 0 Å². The predicted octanol–water partition coefficient (Wildman–Crippen LogP) is -0.193. The topological polar surface area (TPSA) is 58.7 Å². The molecule has 0 saturated carbocycles. The molecule has 1 unspecified atom stereocenters. The molecule has 0 spiro atoms. The molecule has 4 heteroatoms. The Morgan fingerprint density at radius 3 is 2.71 bits per heavy atom. The van der Waals surface area contributed by atoms with Gasteiger partial charge in [0, 0.05) is 26.2 Å². The first-order chi connectivity index (χ1) is 6.35. The van der Waals surface area contributed by atoms with Crippen LogP contribution in [0, 0.1) is 0 Å². The summed E-state index contributed by atoms with van der Waals surface area (Å²) in [6.07, 6.45) is 0. The smallest absolute Gasteiger partial charge is 0.0867 e. The number of hydrogen-bond donors (Lipinski definition) is 2. The van der Waals surface area contributed by atoms with E-state index in [1.165, 1.54) is 0 Å². The minimum absolute atomic E-state index is 0.108. The summed E-state index contributed by atoms with van der Waals surface area (Å²) >= 11 is 0. The Kier molecular flexibility index (Phi) is 3.53. The highest BCUT2D eigenvalue weighted by Gasteiger charge is 2.30. The summed E-state index contributed by atoms with van der Waals surface area (Å²) in [5.74, 6) is 0. The van der Waals surface area contributed by atoms with Crippen molar-refractivity contribution in [1.29, 1.82) is 0 Å². The molecule has 1 aliphatic heterocycles. The summed E-state index contributed by atoms with van der Waals surface area (Å²) < 4.78 is 5.59. The fourth-order valence-corrected chi connectivity index (χ4v) is 1.80. The van der Waals surface area contributed by atoms with Crippen LogP contribution in [0.15, 0.2) is 0 Å². The Balaban J connectivity index is 2.46. The molecule has 1 rings (SSSR count). The molecule has 0 aromatic carbocycles. The Morgan fingerprint density at radius 1 is 1.57 bits per heavy atom. The number of morpholine rings is 1. The molecule has 14 heavy (non-hydrogen) atoms. The second kappa shape index (κ2) is 4.14. The molecule has 84 valence electrons. The van der Waals surface area contributed by atoms with Gasteiger partial charge in [0.1, 0.15) is 0 Å². The Labute approximate surface area is 86.0 Å². The number of β-amino-alcohol motifs (C(OH)–C–C–N with tert-alkyl or cyclic N) is 1. The molecule has 1 saturated heterocycles. The van der Waals surface area contributed by atoms with Crippen molar-refractivity contribution in [3.05, 3.63) is 0 Å². The lowest BCUT2D eigenvalue weighted by molar-refractivity contribution is -0.102. The summed E-state index contributed by atoms with van der Waals surface area (Å²) in [5, 5.41) is 9.84. The number of aliphatic hydroxyl groups is 1. The number of hydrogen-bond acceptors (Lipinski definition) is 4. The molecule has 1 aliphatic rings. The number of rotatable bonds is 3. The molecule has 0 aromatic rings. The maximum atomic E-state index is 9.84. The third-order valence-electron chi connectivity index (χ3n) is 2.51. The van der Waals surface area contributed by atoms with Crippen LogP contribution in [0.25, 0.3) is 0 Å². The van der Waals surface area contributed by atoms with Gasteiger partial charge in [-0.3, -0.25) is 4.90 Å². The van der Waals surface area contributed by atoms with Crippen molar-refractivity contribution in [2.75, 3.05) is 32.8 Å². The van der Waals surface area contributed by atoms with Gasteiger partial charge < -0.3 is 15.6 Å². The van der Waals surface area contributed by atoms with Crippen LogP contribution in [0.5, 0.6) is 0 Å². The van der Waals surface area contributed by atoms with Gasteiger partial charge in [0.05, 0.1) is 17.8 Å². The van der Waals surface area contributed by atoms with Crippen molar-refractivity contribution in [3.8, 4) is 0 Å². The summed E-state index contributed by atoms with van der Waals surface area (Å²) in [5.41, 5.74) is 4.59. The largest absolute Gasteiger partial charge is 0.388 e. The average Bonchev–Trinajstić information content (AvgIpc) is 2.01. The van der Waals surface area contributed by atoms with E-state index in [0.717, 1.165) is 19.7 Å². The summed E-state index contributed by atoms with van der Waals surface area (Å²) in [6, 6.07) is 0. The first-order valence-corrected chi connectivity index (χ1v) is 5.13.